The zero-order chi connectivity index (χ0) is 16.4. The van der Waals surface area contributed by atoms with Crippen LogP contribution in [0.1, 0.15) is 36.6 Å². The second-order valence-electron chi connectivity index (χ2n) is 5.34. The highest BCUT2D eigenvalue weighted by molar-refractivity contribution is 6.30. The first-order valence-electron chi connectivity index (χ1n) is 7.43. The minimum absolute atomic E-state index is 0.0966. The van der Waals surface area contributed by atoms with Crippen LogP contribution < -0.4 is 0 Å². The normalized spacial score (nSPS) is 19.3. The number of hydrogen-bond acceptors (Lipinski definition) is 2. The predicted molar refractivity (Wildman–Crippen MR) is 85.4 cm³/mol. The lowest BCUT2D eigenvalue weighted by Crippen LogP contribution is -2.29. The van der Waals surface area contributed by atoms with Crippen LogP contribution in [0.2, 0.25) is 0 Å². The Morgan fingerprint density at radius 3 is 2.35 bits per heavy atom. The fourth-order valence-corrected chi connectivity index (χ4v) is 3.13. The Hall–Kier alpha value is -1.91. The van der Waals surface area contributed by atoms with E-state index in [2.05, 4.69) is 0 Å². The Morgan fingerprint density at radius 2 is 1.74 bits per heavy atom. The molecule has 0 fully saturated rings. The van der Waals surface area contributed by atoms with E-state index >= 15 is 0 Å². The van der Waals surface area contributed by atoms with E-state index in [1.165, 1.54) is 24.5 Å². The van der Waals surface area contributed by atoms with E-state index in [0.717, 1.165) is 5.56 Å². The first-order chi connectivity index (χ1) is 11.1. The molecule has 0 spiro atoms. The molecule has 2 atom stereocenters. The second kappa shape index (κ2) is 6.69. The van der Waals surface area contributed by atoms with Crippen molar-refractivity contribution < 1.29 is 13.6 Å². The zero-order valence-corrected chi connectivity index (χ0v) is 13.3. The van der Waals surface area contributed by atoms with Crippen molar-refractivity contribution in [2.24, 2.45) is 0 Å². The summed E-state index contributed by atoms with van der Waals surface area (Å²) in [6.45, 7) is 1.99. The van der Waals surface area contributed by atoms with E-state index in [1.54, 1.807) is 5.06 Å². The molecule has 3 rings (SSSR count). The summed E-state index contributed by atoms with van der Waals surface area (Å²) < 4.78 is 28.4. The number of rotatable bonds is 4. The van der Waals surface area contributed by atoms with Gasteiger partial charge in [0, 0.05) is 5.56 Å². The van der Waals surface area contributed by atoms with Gasteiger partial charge in [-0.25, -0.2) is 8.78 Å². The largest absolute Gasteiger partial charge is 0.411 e. The topological polar surface area (TPSA) is 12.5 Å². The SMILES string of the molecule is CCC(c1ccccc1)N1OC=C(Cl)C1c1c(F)cccc1F. The van der Waals surface area contributed by atoms with Crippen LogP contribution in [0.25, 0.3) is 0 Å². The van der Waals surface area contributed by atoms with Gasteiger partial charge in [-0.3, -0.25) is 0 Å². The number of hydrogen-bond donors (Lipinski definition) is 0. The molecule has 1 aliphatic rings. The van der Waals surface area contributed by atoms with Crippen LogP contribution >= 0.6 is 11.6 Å². The molecule has 1 aliphatic heterocycles. The first kappa shape index (κ1) is 16.0. The summed E-state index contributed by atoms with van der Waals surface area (Å²) in [5, 5.41) is 1.81. The molecule has 2 unspecified atom stereocenters. The van der Waals surface area contributed by atoms with Gasteiger partial charge in [-0.2, -0.15) is 0 Å². The Kier molecular flexibility index (Phi) is 4.64. The minimum Gasteiger partial charge on any atom is -0.411 e. The lowest BCUT2D eigenvalue weighted by molar-refractivity contribution is -0.144. The van der Waals surface area contributed by atoms with Crippen LogP contribution in [0.3, 0.4) is 0 Å². The molecular weight excluding hydrogens is 320 g/mol. The fourth-order valence-electron chi connectivity index (χ4n) is 2.89. The molecule has 0 N–H and O–H groups in total. The van der Waals surface area contributed by atoms with Crippen molar-refractivity contribution in [3.8, 4) is 0 Å². The van der Waals surface area contributed by atoms with Crippen molar-refractivity contribution in [2.75, 3.05) is 0 Å². The Balaban J connectivity index is 2.02. The van der Waals surface area contributed by atoms with Crippen LogP contribution in [0.4, 0.5) is 8.78 Å². The summed E-state index contributed by atoms with van der Waals surface area (Å²) in [6, 6.07) is 12.5. The highest BCUT2D eigenvalue weighted by Crippen LogP contribution is 2.44. The van der Waals surface area contributed by atoms with Gasteiger partial charge in [0.1, 0.15) is 23.9 Å². The molecule has 23 heavy (non-hydrogen) atoms. The third-order valence-corrected chi connectivity index (χ3v) is 4.25. The van der Waals surface area contributed by atoms with Gasteiger partial charge < -0.3 is 4.84 Å². The van der Waals surface area contributed by atoms with Gasteiger partial charge in [0.15, 0.2) is 0 Å². The lowest BCUT2D eigenvalue weighted by Gasteiger charge is -2.31. The summed E-state index contributed by atoms with van der Waals surface area (Å²) >= 11 is 6.20. The molecule has 1 heterocycles. The molecule has 0 bridgehead atoms. The predicted octanol–water partition coefficient (Wildman–Crippen LogP) is 5.48. The van der Waals surface area contributed by atoms with Crippen LogP contribution in [-0.2, 0) is 4.84 Å². The monoisotopic (exact) mass is 335 g/mol. The average molecular weight is 336 g/mol. The van der Waals surface area contributed by atoms with Gasteiger partial charge >= 0.3 is 0 Å². The number of nitrogens with zero attached hydrogens (tertiary/aromatic N) is 1. The minimum atomic E-state index is -0.803. The number of hydroxylamine groups is 2. The summed E-state index contributed by atoms with van der Waals surface area (Å²) in [7, 11) is 0. The maximum absolute atomic E-state index is 14.2. The third-order valence-electron chi connectivity index (χ3n) is 3.95. The maximum Gasteiger partial charge on any atom is 0.131 e. The van der Waals surface area contributed by atoms with E-state index in [0.29, 0.717) is 6.42 Å². The smallest absolute Gasteiger partial charge is 0.131 e. The van der Waals surface area contributed by atoms with Crippen molar-refractivity contribution in [2.45, 2.75) is 25.4 Å². The molecule has 0 saturated heterocycles. The van der Waals surface area contributed by atoms with E-state index in [-0.39, 0.29) is 16.6 Å². The molecular formula is C18H16ClF2NO. The first-order valence-corrected chi connectivity index (χ1v) is 7.80. The molecule has 0 aliphatic carbocycles. The number of benzene rings is 2. The van der Waals surface area contributed by atoms with Crippen molar-refractivity contribution in [3.05, 3.63) is 82.6 Å². The van der Waals surface area contributed by atoms with Crippen molar-refractivity contribution in [1.29, 1.82) is 0 Å². The molecule has 2 nitrogen and oxygen atoms in total. The van der Waals surface area contributed by atoms with Gasteiger partial charge in [-0.05, 0) is 24.1 Å². The van der Waals surface area contributed by atoms with Gasteiger partial charge in [-0.15, -0.1) is 5.06 Å². The molecule has 5 heteroatoms. The van der Waals surface area contributed by atoms with E-state index in [1.807, 2.05) is 37.3 Å². The molecule has 0 radical (unpaired) electrons. The lowest BCUT2D eigenvalue weighted by atomic mass is 9.99. The van der Waals surface area contributed by atoms with Gasteiger partial charge in [-0.1, -0.05) is 54.9 Å². The summed E-state index contributed by atoms with van der Waals surface area (Å²) in [6.07, 6.45) is 2.04. The second-order valence-corrected chi connectivity index (χ2v) is 5.78. The Morgan fingerprint density at radius 1 is 1.09 bits per heavy atom. The molecule has 0 aromatic heterocycles. The van der Waals surface area contributed by atoms with Crippen molar-refractivity contribution in [3.63, 3.8) is 0 Å². The Bertz CT molecular complexity index is 700. The van der Waals surface area contributed by atoms with E-state index < -0.39 is 17.7 Å². The standard InChI is InChI=1S/C18H16ClF2NO/c1-2-16(12-7-4-3-5-8-12)22-18(13(19)11-23-22)17-14(20)9-6-10-15(17)21/h3-11,16,18H,2H2,1H3. The summed E-state index contributed by atoms with van der Waals surface area (Å²) in [4.78, 5) is 5.56. The van der Waals surface area contributed by atoms with Crippen LogP contribution in [0, 0.1) is 11.6 Å². The highest BCUT2D eigenvalue weighted by Gasteiger charge is 2.38. The van der Waals surface area contributed by atoms with Crippen molar-refractivity contribution >= 4 is 11.6 Å². The van der Waals surface area contributed by atoms with Gasteiger partial charge in [0.05, 0.1) is 11.1 Å². The molecule has 2 aromatic rings. The highest BCUT2D eigenvalue weighted by atomic mass is 35.5. The summed E-state index contributed by atoms with van der Waals surface area (Å²) in [5.74, 6) is -1.28. The van der Waals surface area contributed by atoms with Crippen LogP contribution in [-0.4, -0.2) is 5.06 Å². The summed E-state index contributed by atoms with van der Waals surface area (Å²) in [5.41, 5.74) is 0.900. The maximum atomic E-state index is 14.2. The van der Waals surface area contributed by atoms with E-state index in [4.69, 9.17) is 16.4 Å². The molecule has 2 aromatic carbocycles. The molecule has 0 amide bonds. The van der Waals surface area contributed by atoms with Crippen molar-refractivity contribution in [1.82, 2.24) is 5.06 Å². The third kappa shape index (κ3) is 2.96. The van der Waals surface area contributed by atoms with Gasteiger partial charge in [0.25, 0.3) is 0 Å². The fraction of sp³-hybridized carbons (Fsp3) is 0.222. The average Bonchev–Trinajstić information content (AvgIpc) is 2.91. The van der Waals surface area contributed by atoms with Gasteiger partial charge in [0.2, 0.25) is 0 Å². The van der Waals surface area contributed by atoms with E-state index in [9.17, 15) is 8.78 Å². The van der Waals surface area contributed by atoms with Crippen LogP contribution in [0.5, 0.6) is 0 Å². The quantitative estimate of drug-likeness (QED) is 0.733. The van der Waals surface area contributed by atoms with Crippen LogP contribution in [0.15, 0.2) is 59.8 Å². The molecule has 120 valence electrons. The number of halogens is 3. The molecule has 0 saturated carbocycles. The Labute approximate surface area is 138 Å². The zero-order valence-electron chi connectivity index (χ0n) is 12.5.